The van der Waals surface area contributed by atoms with Gasteiger partial charge in [0.15, 0.2) is 4.34 Å². The van der Waals surface area contributed by atoms with E-state index in [4.69, 9.17) is 0 Å². The average molecular weight is 310 g/mol. The summed E-state index contributed by atoms with van der Waals surface area (Å²) in [5, 5.41) is 5.36. The molecule has 0 aliphatic carbocycles. The summed E-state index contributed by atoms with van der Waals surface area (Å²) in [7, 11) is 0. The van der Waals surface area contributed by atoms with Crippen molar-refractivity contribution in [1.29, 1.82) is 0 Å². The van der Waals surface area contributed by atoms with E-state index in [9.17, 15) is 4.39 Å². The maximum absolute atomic E-state index is 14.2. The van der Waals surface area contributed by atoms with E-state index < -0.39 is 0 Å². The van der Waals surface area contributed by atoms with Gasteiger partial charge in [0.25, 0.3) is 0 Å². The summed E-state index contributed by atoms with van der Waals surface area (Å²) in [6, 6.07) is 5.24. The Labute approximate surface area is 127 Å². The lowest BCUT2D eigenvalue weighted by atomic mass is 10.1. The number of benzene rings is 1. The first-order chi connectivity index (χ1) is 9.61. The van der Waals surface area contributed by atoms with E-state index in [2.05, 4.69) is 17.2 Å². The van der Waals surface area contributed by atoms with Crippen LogP contribution in [0.5, 0.6) is 0 Å². The lowest BCUT2D eigenvalue weighted by Crippen LogP contribution is -2.20. The SMILES string of the molecule is CCCNC(C)c1c(F)cccc1Sc1nc(C)cs1. The predicted molar refractivity (Wildman–Crippen MR) is 84.1 cm³/mol. The van der Waals surface area contributed by atoms with Gasteiger partial charge in [-0.2, -0.15) is 0 Å². The molecule has 2 nitrogen and oxygen atoms in total. The van der Waals surface area contributed by atoms with E-state index in [1.54, 1.807) is 17.4 Å². The summed E-state index contributed by atoms with van der Waals surface area (Å²) >= 11 is 3.14. The number of nitrogens with one attached hydrogen (secondary N) is 1. The Balaban J connectivity index is 2.25. The molecule has 0 saturated carbocycles. The number of nitrogens with zero attached hydrogens (tertiary/aromatic N) is 1. The van der Waals surface area contributed by atoms with E-state index in [1.807, 2.05) is 25.3 Å². The summed E-state index contributed by atoms with van der Waals surface area (Å²) in [5.74, 6) is -0.153. The van der Waals surface area contributed by atoms with Crippen molar-refractivity contribution >= 4 is 23.1 Å². The van der Waals surface area contributed by atoms with Crippen LogP contribution in [0.1, 0.15) is 37.6 Å². The third-order valence-corrected chi connectivity index (χ3v) is 5.07. The molecule has 0 amide bonds. The molecule has 5 heteroatoms. The Morgan fingerprint density at radius 1 is 1.45 bits per heavy atom. The topological polar surface area (TPSA) is 24.9 Å². The van der Waals surface area contributed by atoms with Crippen LogP contribution < -0.4 is 5.32 Å². The normalized spacial score (nSPS) is 12.6. The third-order valence-electron chi connectivity index (χ3n) is 2.94. The van der Waals surface area contributed by atoms with Crippen molar-refractivity contribution in [3.05, 3.63) is 40.7 Å². The second-order valence-electron chi connectivity index (χ2n) is 4.68. The minimum Gasteiger partial charge on any atom is -0.310 e. The molecule has 20 heavy (non-hydrogen) atoms. The van der Waals surface area contributed by atoms with Crippen LogP contribution in [0.15, 0.2) is 32.8 Å². The molecule has 2 rings (SSSR count). The van der Waals surface area contributed by atoms with E-state index in [-0.39, 0.29) is 11.9 Å². The smallest absolute Gasteiger partial charge is 0.154 e. The highest BCUT2D eigenvalue weighted by molar-refractivity contribution is 8.01. The number of aromatic nitrogens is 1. The Kier molecular flexibility index (Phi) is 5.57. The largest absolute Gasteiger partial charge is 0.310 e. The quantitative estimate of drug-likeness (QED) is 0.829. The van der Waals surface area contributed by atoms with Crippen LogP contribution in [-0.2, 0) is 0 Å². The predicted octanol–water partition coefficient (Wildman–Crippen LogP) is 4.80. The number of hydrogen-bond donors (Lipinski definition) is 1. The average Bonchev–Trinajstić information content (AvgIpc) is 2.81. The van der Waals surface area contributed by atoms with Gasteiger partial charge in [-0.15, -0.1) is 11.3 Å². The monoisotopic (exact) mass is 310 g/mol. The highest BCUT2D eigenvalue weighted by Gasteiger charge is 2.16. The van der Waals surface area contributed by atoms with Crippen molar-refractivity contribution < 1.29 is 4.39 Å². The van der Waals surface area contributed by atoms with Gasteiger partial charge in [0.2, 0.25) is 0 Å². The molecule has 1 aromatic heterocycles. The zero-order valence-corrected chi connectivity index (χ0v) is 13.6. The second-order valence-corrected chi connectivity index (χ2v) is 6.83. The van der Waals surface area contributed by atoms with E-state index >= 15 is 0 Å². The van der Waals surface area contributed by atoms with E-state index in [0.29, 0.717) is 0 Å². The minimum atomic E-state index is -0.153. The molecular formula is C15H19FN2S2. The maximum atomic E-state index is 14.2. The first-order valence-electron chi connectivity index (χ1n) is 6.73. The molecule has 0 fully saturated rings. The van der Waals surface area contributed by atoms with Crippen molar-refractivity contribution in [3.8, 4) is 0 Å². The molecule has 0 radical (unpaired) electrons. The lowest BCUT2D eigenvalue weighted by Gasteiger charge is -2.17. The Morgan fingerprint density at radius 2 is 2.25 bits per heavy atom. The molecule has 1 N–H and O–H groups in total. The van der Waals surface area contributed by atoms with Crippen molar-refractivity contribution in [1.82, 2.24) is 10.3 Å². The van der Waals surface area contributed by atoms with Gasteiger partial charge in [-0.25, -0.2) is 9.37 Å². The van der Waals surface area contributed by atoms with E-state index in [1.165, 1.54) is 17.8 Å². The number of aryl methyl sites for hydroxylation is 1. The molecule has 1 heterocycles. The van der Waals surface area contributed by atoms with E-state index in [0.717, 1.165) is 33.5 Å². The van der Waals surface area contributed by atoms with Gasteiger partial charge in [0.05, 0.1) is 0 Å². The van der Waals surface area contributed by atoms with Crippen LogP contribution >= 0.6 is 23.1 Å². The summed E-state index contributed by atoms with van der Waals surface area (Å²) in [4.78, 5) is 5.38. The van der Waals surface area contributed by atoms with Crippen molar-refractivity contribution in [2.24, 2.45) is 0 Å². The van der Waals surface area contributed by atoms with Crippen LogP contribution in [0.2, 0.25) is 0 Å². The summed E-state index contributed by atoms with van der Waals surface area (Å²) in [6.07, 6.45) is 1.03. The minimum absolute atomic E-state index is 0.000269. The fourth-order valence-electron chi connectivity index (χ4n) is 1.96. The van der Waals surface area contributed by atoms with Crippen LogP contribution in [0.4, 0.5) is 4.39 Å². The zero-order chi connectivity index (χ0) is 14.5. The molecule has 0 bridgehead atoms. The summed E-state index contributed by atoms with van der Waals surface area (Å²) in [6.45, 7) is 6.97. The lowest BCUT2D eigenvalue weighted by molar-refractivity contribution is 0.519. The third kappa shape index (κ3) is 3.81. The van der Waals surface area contributed by atoms with Gasteiger partial charge in [0, 0.05) is 27.6 Å². The van der Waals surface area contributed by atoms with Crippen molar-refractivity contribution in [2.45, 2.75) is 42.5 Å². The Hall–Kier alpha value is -0.910. The fraction of sp³-hybridized carbons (Fsp3) is 0.400. The van der Waals surface area contributed by atoms with Gasteiger partial charge in [-0.1, -0.05) is 24.8 Å². The van der Waals surface area contributed by atoms with Gasteiger partial charge in [0.1, 0.15) is 5.82 Å². The molecule has 1 atom stereocenters. The fourth-order valence-corrected chi connectivity index (χ4v) is 4.00. The number of rotatable bonds is 6. The number of hydrogen-bond acceptors (Lipinski definition) is 4. The molecule has 0 aliphatic rings. The number of thiazole rings is 1. The molecule has 1 aromatic carbocycles. The van der Waals surface area contributed by atoms with Crippen LogP contribution in [0.25, 0.3) is 0 Å². The van der Waals surface area contributed by atoms with Crippen molar-refractivity contribution in [3.63, 3.8) is 0 Å². The summed E-state index contributed by atoms with van der Waals surface area (Å²) in [5.41, 5.74) is 1.74. The molecular weight excluding hydrogens is 291 g/mol. The van der Waals surface area contributed by atoms with Crippen LogP contribution in [0, 0.1) is 12.7 Å². The van der Waals surface area contributed by atoms with Gasteiger partial charge < -0.3 is 5.32 Å². The molecule has 0 spiro atoms. The van der Waals surface area contributed by atoms with Crippen LogP contribution in [-0.4, -0.2) is 11.5 Å². The van der Waals surface area contributed by atoms with Gasteiger partial charge >= 0.3 is 0 Å². The zero-order valence-electron chi connectivity index (χ0n) is 11.9. The Bertz CT molecular complexity index is 569. The van der Waals surface area contributed by atoms with Crippen molar-refractivity contribution in [2.75, 3.05) is 6.54 Å². The standard InChI is InChI=1S/C15H19FN2S2/c1-4-8-17-11(3)14-12(16)6-5-7-13(14)20-15-18-10(2)9-19-15/h5-7,9,11,17H,4,8H2,1-3H3. The molecule has 0 saturated heterocycles. The first kappa shape index (κ1) is 15.5. The molecule has 1 unspecified atom stereocenters. The number of halogens is 1. The van der Waals surface area contributed by atoms with Crippen LogP contribution in [0.3, 0.4) is 0 Å². The highest BCUT2D eigenvalue weighted by Crippen LogP contribution is 2.36. The maximum Gasteiger partial charge on any atom is 0.154 e. The molecule has 108 valence electrons. The molecule has 0 aliphatic heterocycles. The van der Waals surface area contributed by atoms with Gasteiger partial charge in [-0.05, 0) is 38.9 Å². The second kappa shape index (κ2) is 7.20. The highest BCUT2D eigenvalue weighted by atomic mass is 32.2. The van der Waals surface area contributed by atoms with Gasteiger partial charge in [-0.3, -0.25) is 0 Å². The first-order valence-corrected chi connectivity index (χ1v) is 8.43. The summed E-state index contributed by atoms with van der Waals surface area (Å²) < 4.78 is 15.1. The Morgan fingerprint density at radius 3 is 2.90 bits per heavy atom. The molecule has 2 aromatic rings.